The van der Waals surface area contributed by atoms with E-state index in [1.807, 2.05) is 36.0 Å². The summed E-state index contributed by atoms with van der Waals surface area (Å²) in [6.07, 6.45) is 2.83. The summed E-state index contributed by atoms with van der Waals surface area (Å²) < 4.78 is 2.05. The fourth-order valence-electron chi connectivity index (χ4n) is 3.05. The molecule has 6 nitrogen and oxygen atoms in total. The first-order chi connectivity index (χ1) is 12.7. The maximum Gasteiger partial charge on any atom is 0.191 e. The topological polar surface area (TPSA) is 67.1 Å². The number of hydrogen-bond acceptors (Lipinski definition) is 3. The van der Waals surface area contributed by atoms with Gasteiger partial charge in [0, 0.05) is 37.4 Å². The molecule has 144 valence electrons. The summed E-state index contributed by atoms with van der Waals surface area (Å²) in [5.74, 6) is 0.785. The molecule has 0 atom stereocenters. The van der Waals surface area contributed by atoms with E-state index in [1.54, 1.807) is 7.05 Å². The van der Waals surface area contributed by atoms with Crippen LogP contribution in [0.2, 0.25) is 0 Å². The average Bonchev–Trinajstić information content (AvgIpc) is 2.98. The molecule has 7 heteroatoms. The van der Waals surface area contributed by atoms with E-state index >= 15 is 0 Å². The van der Waals surface area contributed by atoms with Crippen molar-refractivity contribution in [3.8, 4) is 0 Å². The van der Waals surface area contributed by atoms with Gasteiger partial charge in [-0.2, -0.15) is 5.10 Å². The van der Waals surface area contributed by atoms with Crippen LogP contribution in [0.15, 0.2) is 47.6 Å². The second-order valence-corrected chi connectivity index (χ2v) is 6.34. The monoisotopic (exact) mass is 478 g/mol. The number of nitrogens with one attached hydrogen (secondary N) is 2. The zero-order valence-electron chi connectivity index (χ0n) is 16.1. The van der Waals surface area contributed by atoms with Crippen molar-refractivity contribution in [2.45, 2.75) is 33.4 Å². The van der Waals surface area contributed by atoms with Crippen LogP contribution in [0.3, 0.4) is 0 Å². The Hall–Kier alpha value is -2.16. The number of nitrogens with zero attached hydrogens (tertiary/aromatic N) is 4. The van der Waals surface area contributed by atoms with E-state index in [-0.39, 0.29) is 24.0 Å². The van der Waals surface area contributed by atoms with Crippen LogP contribution in [-0.4, -0.2) is 34.3 Å². The molecule has 3 aromatic rings. The largest absolute Gasteiger partial charge is 0.356 e. The molecule has 0 saturated carbocycles. The maximum atomic E-state index is 4.50. The van der Waals surface area contributed by atoms with Gasteiger partial charge in [-0.3, -0.25) is 14.7 Å². The average molecular weight is 478 g/mol. The summed E-state index contributed by atoms with van der Waals surface area (Å²) >= 11 is 0. The van der Waals surface area contributed by atoms with Gasteiger partial charge in [0.25, 0.3) is 0 Å². The van der Waals surface area contributed by atoms with E-state index in [0.29, 0.717) is 6.54 Å². The summed E-state index contributed by atoms with van der Waals surface area (Å²) in [4.78, 5) is 8.80. The Morgan fingerprint density at radius 3 is 2.70 bits per heavy atom. The van der Waals surface area contributed by atoms with Gasteiger partial charge < -0.3 is 10.6 Å². The predicted octanol–water partition coefficient (Wildman–Crippen LogP) is 3.42. The van der Waals surface area contributed by atoms with Crippen molar-refractivity contribution in [3.05, 3.63) is 59.7 Å². The standard InChI is InChI=1S/C20H26N6.HI/c1-15-13-16(2)26(25-15)12-6-10-23-20(21-3)24-14-19-18-8-5-4-7-17(18)9-11-22-19;/h4-5,7-9,11,13H,6,10,12,14H2,1-3H3,(H2,21,23,24);1H. The minimum Gasteiger partial charge on any atom is -0.356 e. The van der Waals surface area contributed by atoms with Crippen LogP contribution >= 0.6 is 24.0 Å². The van der Waals surface area contributed by atoms with Crippen molar-refractivity contribution in [2.24, 2.45) is 4.99 Å². The SMILES string of the molecule is CN=C(NCCCn1nc(C)cc1C)NCc1nccc2ccccc12.I. The van der Waals surface area contributed by atoms with Gasteiger partial charge in [-0.1, -0.05) is 24.3 Å². The Morgan fingerprint density at radius 2 is 1.96 bits per heavy atom. The van der Waals surface area contributed by atoms with Crippen LogP contribution in [0, 0.1) is 13.8 Å². The zero-order chi connectivity index (χ0) is 18.4. The molecule has 0 unspecified atom stereocenters. The molecular weight excluding hydrogens is 451 g/mol. The molecule has 0 fully saturated rings. The highest BCUT2D eigenvalue weighted by atomic mass is 127. The van der Waals surface area contributed by atoms with Crippen LogP contribution in [0.4, 0.5) is 0 Å². The Morgan fingerprint density at radius 1 is 1.15 bits per heavy atom. The number of aliphatic imine (C=N–C) groups is 1. The number of halogens is 1. The van der Waals surface area contributed by atoms with Crippen molar-refractivity contribution in [1.29, 1.82) is 0 Å². The third kappa shape index (κ3) is 5.66. The number of hydrogen-bond donors (Lipinski definition) is 2. The molecule has 0 aliphatic rings. The number of guanidine groups is 1. The van der Waals surface area contributed by atoms with Crippen molar-refractivity contribution in [2.75, 3.05) is 13.6 Å². The molecule has 0 amide bonds. The van der Waals surface area contributed by atoms with Gasteiger partial charge in [-0.25, -0.2) is 0 Å². The first-order valence-corrected chi connectivity index (χ1v) is 8.95. The fraction of sp³-hybridized carbons (Fsp3) is 0.350. The summed E-state index contributed by atoms with van der Waals surface area (Å²) in [6, 6.07) is 12.4. The van der Waals surface area contributed by atoms with Crippen molar-refractivity contribution in [1.82, 2.24) is 25.4 Å². The molecule has 0 aliphatic heterocycles. The number of aryl methyl sites for hydroxylation is 3. The lowest BCUT2D eigenvalue weighted by Gasteiger charge is -2.13. The zero-order valence-corrected chi connectivity index (χ0v) is 18.4. The van der Waals surface area contributed by atoms with Crippen molar-refractivity contribution in [3.63, 3.8) is 0 Å². The second kappa shape index (κ2) is 10.2. The molecule has 0 aliphatic carbocycles. The number of rotatable bonds is 6. The first kappa shape index (κ1) is 21.1. The predicted molar refractivity (Wildman–Crippen MR) is 122 cm³/mol. The molecule has 0 saturated heterocycles. The van der Waals surface area contributed by atoms with Gasteiger partial charge in [0.15, 0.2) is 5.96 Å². The molecule has 1 aromatic carbocycles. The van der Waals surface area contributed by atoms with Gasteiger partial charge >= 0.3 is 0 Å². The molecule has 27 heavy (non-hydrogen) atoms. The normalized spacial score (nSPS) is 11.3. The second-order valence-electron chi connectivity index (χ2n) is 6.34. The Labute approximate surface area is 177 Å². The molecule has 2 N–H and O–H groups in total. The molecule has 2 heterocycles. The number of fused-ring (bicyclic) bond motifs is 1. The molecule has 3 rings (SSSR count). The van der Waals surface area contributed by atoms with Crippen LogP contribution in [0.1, 0.15) is 23.5 Å². The third-order valence-electron chi connectivity index (χ3n) is 4.35. The summed E-state index contributed by atoms with van der Waals surface area (Å²) in [6.45, 7) is 6.48. The maximum absolute atomic E-state index is 4.50. The summed E-state index contributed by atoms with van der Waals surface area (Å²) in [5.41, 5.74) is 3.29. The van der Waals surface area contributed by atoms with Gasteiger partial charge in [0.1, 0.15) is 0 Å². The smallest absolute Gasteiger partial charge is 0.191 e. The number of pyridine rings is 1. The van der Waals surface area contributed by atoms with Crippen LogP contribution in [-0.2, 0) is 13.1 Å². The van der Waals surface area contributed by atoms with E-state index in [2.05, 4.69) is 50.8 Å². The molecule has 2 aromatic heterocycles. The first-order valence-electron chi connectivity index (χ1n) is 8.95. The highest BCUT2D eigenvalue weighted by Crippen LogP contribution is 2.15. The molecule has 0 radical (unpaired) electrons. The lowest BCUT2D eigenvalue weighted by atomic mass is 10.1. The Balaban J connectivity index is 0.00000261. The van der Waals surface area contributed by atoms with E-state index in [0.717, 1.165) is 36.9 Å². The minimum absolute atomic E-state index is 0. The summed E-state index contributed by atoms with van der Waals surface area (Å²) in [5, 5.41) is 13.6. The Kier molecular flexibility index (Phi) is 8.02. The van der Waals surface area contributed by atoms with E-state index in [4.69, 9.17) is 0 Å². The van der Waals surface area contributed by atoms with Crippen molar-refractivity contribution < 1.29 is 0 Å². The lowest BCUT2D eigenvalue weighted by molar-refractivity contribution is 0.555. The quantitative estimate of drug-likeness (QED) is 0.247. The molecule has 0 bridgehead atoms. The summed E-state index contributed by atoms with van der Waals surface area (Å²) in [7, 11) is 1.78. The third-order valence-corrected chi connectivity index (χ3v) is 4.35. The molecule has 0 spiro atoms. The minimum atomic E-state index is 0. The highest BCUT2D eigenvalue weighted by Gasteiger charge is 2.04. The fourth-order valence-corrected chi connectivity index (χ4v) is 3.05. The van der Waals surface area contributed by atoms with Gasteiger partial charge in [-0.05, 0) is 37.8 Å². The van der Waals surface area contributed by atoms with E-state index in [1.165, 1.54) is 16.5 Å². The number of benzene rings is 1. The van der Waals surface area contributed by atoms with Crippen LogP contribution in [0.25, 0.3) is 10.8 Å². The van der Waals surface area contributed by atoms with Crippen LogP contribution in [0.5, 0.6) is 0 Å². The lowest BCUT2D eigenvalue weighted by Crippen LogP contribution is -2.37. The Bertz CT molecular complexity index is 897. The highest BCUT2D eigenvalue weighted by molar-refractivity contribution is 14.0. The van der Waals surface area contributed by atoms with E-state index in [9.17, 15) is 0 Å². The van der Waals surface area contributed by atoms with E-state index < -0.39 is 0 Å². The van der Waals surface area contributed by atoms with Crippen molar-refractivity contribution >= 4 is 40.7 Å². The van der Waals surface area contributed by atoms with Gasteiger partial charge in [0.05, 0.1) is 17.9 Å². The molecular formula is C20H27IN6. The van der Waals surface area contributed by atoms with Gasteiger partial charge in [0.2, 0.25) is 0 Å². The number of aromatic nitrogens is 3. The van der Waals surface area contributed by atoms with Crippen LogP contribution < -0.4 is 10.6 Å². The van der Waals surface area contributed by atoms with Gasteiger partial charge in [-0.15, -0.1) is 24.0 Å².